The van der Waals surface area contributed by atoms with Gasteiger partial charge in [-0.05, 0) is 12.1 Å². The molecule has 2 rings (SSSR count). The van der Waals surface area contributed by atoms with Gasteiger partial charge in [0.15, 0.2) is 5.16 Å². The van der Waals surface area contributed by atoms with Crippen molar-refractivity contribution in [1.82, 2.24) is 25.1 Å². The van der Waals surface area contributed by atoms with Gasteiger partial charge in [0.2, 0.25) is 0 Å². The van der Waals surface area contributed by atoms with E-state index in [-0.39, 0.29) is 0 Å². The van der Waals surface area contributed by atoms with E-state index >= 15 is 0 Å². The summed E-state index contributed by atoms with van der Waals surface area (Å²) in [5, 5.41) is 8.31. The summed E-state index contributed by atoms with van der Waals surface area (Å²) >= 11 is 1.70. The molecule has 0 atom stereocenters. The van der Waals surface area contributed by atoms with E-state index in [1.165, 1.54) is 0 Å². The molecule has 6 heteroatoms. The predicted octanol–water partition coefficient (Wildman–Crippen LogP) is 1.09. The number of hydrogen-bond acceptors (Lipinski definition) is 5. The fourth-order valence-corrected chi connectivity index (χ4v) is 2.13. The minimum absolute atomic E-state index is 0.806. The molecule has 0 aromatic carbocycles. The number of nitrogens with one attached hydrogen (secondary N) is 1. The molecule has 0 saturated heterocycles. The standard InChI is InChI=1S/C11H15N5S/c1-16-11(14-9-15-16)17-7-6-12-8-10-4-2-3-5-13-10/h2-5,9,12H,6-8H2,1H3. The highest BCUT2D eigenvalue weighted by molar-refractivity contribution is 7.99. The lowest BCUT2D eigenvalue weighted by Crippen LogP contribution is -2.17. The van der Waals surface area contributed by atoms with Crippen LogP contribution in [0.5, 0.6) is 0 Å². The fraction of sp³-hybridized carbons (Fsp3) is 0.364. The molecule has 0 unspecified atom stereocenters. The van der Waals surface area contributed by atoms with Crippen LogP contribution in [0, 0.1) is 0 Å². The highest BCUT2D eigenvalue weighted by Crippen LogP contribution is 2.11. The van der Waals surface area contributed by atoms with Crippen molar-refractivity contribution in [3.63, 3.8) is 0 Å². The van der Waals surface area contributed by atoms with E-state index in [0.717, 1.165) is 29.7 Å². The summed E-state index contributed by atoms with van der Waals surface area (Å²) in [5.74, 6) is 0.972. The Balaban J connectivity index is 1.63. The number of nitrogens with zero attached hydrogens (tertiary/aromatic N) is 4. The van der Waals surface area contributed by atoms with Crippen molar-refractivity contribution in [2.45, 2.75) is 11.7 Å². The normalized spacial score (nSPS) is 10.6. The molecule has 0 spiro atoms. The van der Waals surface area contributed by atoms with Crippen molar-refractivity contribution in [3.05, 3.63) is 36.4 Å². The van der Waals surface area contributed by atoms with Crippen LogP contribution >= 0.6 is 11.8 Å². The lowest BCUT2D eigenvalue weighted by atomic mass is 10.3. The summed E-state index contributed by atoms with van der Waals surface area (Å²) in [7, 11) is 1.90. The third-order valence-electron chi connectivity index (χ3n) is 2.21. The Labute approximate surface area is 105 Å². The summed E-state index contributed by atoms with van der Waals surface area (Å²) in [6.07, 6.45) is 3.38. The molecule has 17 heavy (non-hydrogen) atoms. The van der Waals surface area contributed by atoms with E-state index in [0.29, 0.717) is 0 Å². The van der Waals surface area contributed by atoms with Crippen LogP contribution in [-0.4, -0.2) is 32.0 Å². The lowest BCUT2D eigenvalue weighted by molar-refractivity contribution is 0.681. The third-order valence-corrected chi connectivity index (χ3v) is 3.25. The van der Waals surface area contributed by atoms with Gasteiger partial charge in [0.05, 0.1) is 5.69 Å². The first-order chi connectivity index (χ1) is 8.36. The van der Waals surface area contributed by atoms with E-state index in [2.05, 4.69) is 20.4 Å². The SMILES string of the molecule is Cn1ncnc1SCCNCc1ccccn1. The summed E-state index contributed by atoms with van der Waals surface area (Å²) < 4.78 is 1.78. The Morgan fingerprint density at radius 2 is 2.29 bits per heavy atom. The van der Waals surface area contributed by atoms with Gasteiger partial charge in [0.1, 0.15) is 6.33 Å². The number of aromatic nitrogens is 4. The van der Waals surface area contributed by atoms with Gasteiger partial charge in [0, 0.05) is 32.1 Å². The molecule has 2 aromatic heterocycles. The number of thioether (sulfide) groups is 1. The summed E-state index contributed by atoms with van der Waals surface area (Å²) in [5.41, 5.74) is 1.07. The van der Waals surface area contributed by atoms with Crippen LogP contribution < -0.4 is 5.32 Å². The zero-order chi connectivity index (χ0) is 11.9. The molecule has 0 radical (unpaired) electrons. The first kappa shape index (κ1) is 12.1. The van der Waals surface area contributed by atoms with E-state index in [1.54, 1.807) is 22.8 Å². The average molecular weight is 249 g/mol. The molecule has 1 N–H and O–H groups in total. The quantitative estimate of drug-likeness (QED) is 0.613. The van der Waals surface area contributed by atoms with Crippen LogP contribution in [0.4, 0.5) is 0 Å². The Morgan fingerprint density at radius 1 is 1.35 bits per heavy atom. The maximum atomic E-state index is 4.24. The first-order valence-corrected chi connectivity index (χ1v) is 6.42. The molecule has 0 bridgehead atoms. The molecule has 0 amide bonds. The Morgan fingerprint density at radius 3 is 3.00 bits per heavy atom. The topological polar surface area (TPSA) is 55.6 Å². The second-order valence-corrected chi connectivity index (χ2v) is 4.57. The van der Waals surface area contributed by atoms with Crippen LogP contribution in [0.2, 0.25) is 0 Å². The van der Waals surface area contributed by atoms with E-state index in [1.807, 2.05) is 31.4 Å². The maximum Gasteiger partial charge on any atom is 0.185 e. The van der Waals surface area contributed by atoms with Gasteiger partial charge in [0.25, 0.3) is 0 Å². The van der Waals surface area contributed by atoms with Crippen molar-refractivity contribution in [1.29, 1.82) is 0 Å². The molecular weight excluding hydrogens is 234 g/mol. The van der Waals surface area contributed by atoms with Crippen LogP contribution in [0.15, 0.2) is 35.9 Å². The van der Waals surface area contributed by atoms with Crippen molar-refractivity contribution in [3.8, 4) is 0 Å². The molecule has 0 saturated carbocycles. The smallest absolute Gasteiger partial charge is 0.185 e. The van der Waals surface area contributed by atoms with Crippen molar-refractivity contribution in [2.24, 2.45) is 7.05 Å². The van der Waals surface area contributed by atoms with Crippen LogP contribution in [-0.2, 0) is 13.6 Å². The van der Waals surface area contributed by atoms with Crippen molar-refractivity contribution < 1.29 is 0 Å². The predicted molar refractivity (Wildman–Crippen MR) is 67.7 cm³/mol. The minimum Gasteiger partial charge on any atom is -0.310 e. The molecule has 90 valence electrons. The van der Waals surface area contributed by atoms with Crippen molar-refractivity contribution in [2.75, 3.05) is 12.3 Å². The van der Waals surface area contributed by atoms with Crippen LogP contribution in [0.1, 0.15) is 5.69 Å². The van der Waals surface area contributed by atoms with Gasteiger partial charge in [-0.25, -0.2) is 9.67 Å². The molecular formula is C11H15N5S. The van der Waals surface area contributed by atoms with Gasteiger partial charge >= 0.3 is 0 Å². The Hall–Kier alpha value is -1.40. The molecule has 0 aliphatic heterocycles. The maximum absolute atomic E-state index is 4.24. The van der Waals surface area contributed by atoms with Gasteiger partial charge in [-0.2, -0.15) is 5.10 Å². The highest BCUT2D eigenvalue weighted by Gasteiger charge is 2.00. The molecule has 2 heterocycles. The second kappa shape index (κ2) is 6.36. The molecule has 0 aliphatic rings. The Bertz CT molecular complexity index is 442. The van der Waals surface area contributed by atoms with E-state index in [4.69, 9.17) is 0 Å². The monoisotopic (exact) mass is 249 g/mol. The zero-order valence-electron chi connectivity index (χ0n) is 9.71. The largest absolute Gasteiger partial charge is 0.310 e. The molecule has 0 aliphatic carbocycles. The van der Waals surface area contributed by atoms with E-state index in [9.17, 15) is 0 Å². The third kappa shape index (κ3) is 3.83. The van der Waals surface area contributed by atoms with Gasteiger partial charge in [-0.15, -0.1) is 0 Å². The van der Waals surface area contributed by atoms with Crippen molar-refractivity contribution >= 4 is 11.8 Å². The van der Waals surface area contributed by atoms with Crippen LogP contribution in [0.3, 0.4) is 0 Å². The van der Waals surface area contributed by atoms with E-state index < -0.39 is 0 Å². The molecule has 0 fully saturated rings. The van der Waals surface area contributed by atoms with Gasteiger partial charge < -0.3 is 5.32 Å². The Kier molecular flexibility index (Phi) is 4.52. The molecule has 2 aromatic rings. The van der Waals surface area contributed by atoms with Gasteiger partial charge in [-0.1, -0.05) is 17.8 Å². The zero-order valence-corrected chi connectivity index (χ0v) is 10.5. The highest BCUT2D eigenvalue weighted by atomic mass is 32.2. The van der Waals surface area contributed by atoms with Crippen LogP contribution in [0.25, 0.3) is 0 Å². The minimum atomic E-state index is 0.806. The summed E-state index contributed by atoms with van der Waals surface area (Å²) in [6, 6.07) is 5.94. The number of hydrogen-bond donors (Lipinski definition) is 1. The molecule has 5 nitrogen and oxygen atoms in total. The first-order valence-electron chi connectivity index (χ1n) is 5.43. The number of aryl methyl sites for hydroxylation is 1. The summed E-state index contributed by atoms with van der Waals surface area (Å²) in [6.45, 7) is 1.73. The second-order valence-electron chi connectivity index (χ2n) is 3.51. The number of pyridine rings is 1. The van der Waals surface area contributed by atoms with Gasteiger partial charge in [-0.3, -0.25) is 4.98 Å². The average Bonchev–Trinajstić information content (AvgIpc) is 2.76. The number of rotatable bonds is 6. The fourth-order valence-electron chi connectivity index (χ4n) is 1.35. The lowest BCUT2D eigenvalue weighted by Gasteiger charge is -2.03. The summed E-state index contributed by atoms with van der Waals surface area (Å²) in [4.78, 5) is 8.39.